The molecular formula is C11H13F3O3. The Balaban J connectivity index is 2.94. The summed E-state index contributed by atoms with van der Waals surface area (Å²) in [5.41, 5.74) is -1.85. The molecule has 6 heteroatoms. The molecule has 0 aromatic carbocycles. The van der Waals surface area contributed by atoms with Crippen molar-refractivity contribution in [2.24, 2.45) is 17.3 Å². The summed E-state index contributed by atoms with van der Waals surface area (Å²) in [7, 11) is 1.18. The molecule has 0 amide bonds. The molecule has 0 aliphatic heterocycles. The molecule has 3 nitrogen and oxygen atoms in total. The molecule has 2 atom stereocenters. The van der Waals surface area contributed by atoms with Gasteiger partial charge in [-0.15, -0.1) is 0 Å². The minimum absolute atomic E-state index is 0.233. The lowest BCUT2D eigenvalue weighted by Crippen LogP contribution is -2.13. The number of rotatable bonds is 3. The Morgan fingerprint density at radius 2 is 1.88 bits per heavy atom. The predicted octanol–water partition coefficient (Wildman–Crippen LogP) is 2.12. The molecule has 0 aromatic rings. The highest BCUT2D eigenvalue weighted by atomic mass is 19.4. The van der Waals surface area contributed by atoms with Crippen molar-refractivity contribution in [3.63, 3.8) is 0 Å². The molecule has 96 valence electrons. The van der Waals surface area contributed by atoms with Crippen LogP contribution < -0.4 is 0 Å². The van der Waals surface area contributed by atoms with Crippen LogP contribution in [-0.2, 0) is 14.3 Å². The lowest BCUT2D eigenvalue weighted by molar-refractivity contribution is -0.143. The van der Waals surface area contributed by atoms with Gasteiger partial charge in [0.25, 0.3) is 0 Å². The van der Waals surface area contributed by atoms with E-state index in [9.17, 15) is 22.8 Å². The van der Waals surface area contributed by atoms with Crippen molar-refractivity contribution in [1.29, 1.82) is 0 Å². The van der Waals surface area contributed by atoms with Crippen molar-refractivity contribution in [1.82, 2.24) is 0 Å². The van der Waals surface area contributed by atoms with Crippen LogP contribution in [0.2, 0.25) is 0 Å². The van der Waals surface area contributed by atoms with Crippen LogP contribution in [0.1, 0.15) is 13.8 Å². The van der Waals surface area contributed by atoms with Crippen LogP contribution in [0.3, 0.4) is 0 Å². The van der Waals surface area contributed by atoms with Gasteiger partial charge in [-0.1, -0.05) is 19.9 Å². The first-order chi connectivity index (χ1) is 7.66. The third-order valence-electron chi connectivity index (χ3n) is 3.18. The summed E-state index contributed by atoms with van der Waals surface area (Å²) < 4.78 is 41.6. The molecule has 1 rings (SSSR count). The average Bonchev–Trinajstić information content (AvgIpc) is 2.74. The molecule has 0 radical (unpaired) electrons. The second-order valence-corrected chi connectivity index (χ2v) is 4.59. The zero-order chi connectivity index (χ0) is 13.4. The van der Waals surface area contributed by atoms with E-state index >= 15 is 0 Å². The van der Waals surface area contributed by atoms with Gasteiger partial charge in [0.05, 0.1) is 18.6 Å². The van der Waals surface area contributed by atoms with E-state index in [-0.39, 0.29) is 6.29 Å². The van der Waals surface area contributed by atoms with Crippen LogP contribution in [0.15, 0.2) is 11.6 Å². The molecule has 1 saturated carbocycles. The number of hydrogen-bond acceptors (Lipinski definition) is 3. The quantitative estimate of drug-likeness (QED) is 0.438. The van der Waals surface area contributed by atoms with Gasteiger partial charge in [-0.2, -0.15) is 13.2 Å². The number of aldehydes is 1. The molecule has 0 bridgehead atoms. The zero-order valence-corrected chi connectivity index (χ0v) is 9.67. The molecule has 1 aliphatic carbocycles. The van der Waals surface area contributed by atoms with E-state index in [1.807, 2.05) is 0 Å². The van der Waals surface area contributed by atoms with Gasteiger partial charge in [-0.05, 0) is 11.3 Å². The Morgan fingerprint density at radius 1 is 1.35 bits per heavy atom. The Kier molecular flexibility index (Phi) is 3.36. The normalized spacial score (nSPS) is 27.5. The van der Waals surface area contributed by atoms with Crippen molar-refractivity contribution < 1.29 is 27.5 Å². The number of esters is 1. The van der Waals surface area contributed by atoms with Gasteiger partial charge < -0.3 is 4.74 Å². The number of carbonyl (C=O) groups is 2. The molecule has 1 aliphatic rings. The van der Waals surface area contributed by atoms with E-state index in [0.29, 0.717) is 0 Å². The van der Waals surface area contributed by atoms with Gasteiger partial charge >= 0.3 is 12.1 Å². The molecular weight excluding hydrogens is 237 g/mol. The molecule has 0 saturated heterocycles. The van der Waals surface area contributed by atoms with Gasteiger partial charge in [-0.25, -0.2) is 0 Å². The summed E-state index contributed by atoms with van der Waals surface area (Å²) in [4.78, 5) is 21.7. The van der Waals surface area contributed by atoms with Gasteiger partial charge in [0.1, 0.15) is 0 Å². The number of carbonyl (C=O) groups excluding carboxylic acids is 2. The lowest BCUT2D eigenvalue weighted by atomic mass is 10.1. The number of halogens is 3. The molecule has 0 aromatic heterocycles. The molecule has 17 heavy (non-hydrogen) atoms. The summed E-state index contributed by atoms with van der Waals surface area (Å²) in [5.74, 6) is -1.79. The van der Waals surface area contributed by atoms with E-state index in [1.165, 1.54) is 7.11 Å². The summed E-state index contributed by atoms with van der Waals surface area (Å²) in [6, 6.07) is 0. The zero-order valence-electron chi connectivity index (χ0n) is 9.67. The van der Waals surface area contributed by atoms with Crippen LogP contribution in [0.4, 0.5) is 13.2 Å². The maximum Gasteiger partial charge on any atom is 0.419 e. The maximum absolute atomic E-state index is 12.4. The number of hydrogen-bond donors (Lipinski definition) is 0. The van der Waals surface area contributed by atoms with Crippen molar-refractivity contribution in [3.8, 4) is 0 Å². The second-order valence-electron chi connectivity index (χ2n) is 4.59. The van der Waals surface area contributed by atoms with Crippen molar-refractivity contribution in [3.05, 3.63) is 11.6 Å². The van der Waals surface area contributed by atoms with Gasteiger partial charge in [-0.3, -0.25) is 9.59 Å². The Bertz CT molecular complexity index is 369. The Morgan fingerprint density at radius 3 is 2.24 bits per heavy atom. The smallest absolute Gasteiger partial charge is 0.419 e. The fourth-order valence-corrected chi connectivity index (χ4v) is 1.96. The SMILES string of the molecule is COC(=O)C1C(/C=C(\C=O)C(F)(F)F)C1(C)C. The maximum atomic E-state index is 12.4. The first kappa shape index (κ1) is 13.7. The Labute approximate surface area is 96.6 Å². The molecule has 1 fully saturated rings. The van der Waals surface area contributed by atoms with E-state index in [4.69, 9.17) is 0 Å². The van der Waals surface area contributed by atoms with Crippen LogP contribution in [-0.4, -0.2) is 25.5 Å². The van der Waals surface area contributed by atoms with Gasteiger partial charge in [0.2, 0.25) is 0 Å². The summed E-state index contributed by atoms with van der Waals surface area (Å²) in [6.45, 7) is 3.32. The van der Waals surface area contributed by atoms with Gasteiger partial charge in [0, 0.05) is 0 Å². The summed E-state index contributed by atoms with van der Waals surface area (Å²) in [6.07, 6.45) is -4.10. The first-order valence-corrected chi connectivity index (χ1v) is 4.98. The van der Waals surface area contributed by atoms with Gasteiger partial charge in [0.15, 0.2) is 6.29 Å². The molecule has 0 spiro atoms. The highest BCUT2D eigenvalue weighted by molar-refractivity contribution is 5.80. The van der Waals surface area contributed by atoms with E-state index < -0.39 is 35.0 Å². The molecule has 0 N–H and O–H groups in total. The number of ether oxygens (including phenoxy) is 1. The third kappa shape index (κ3) is 2.50. The molecule has 2 unspecified atom stereocenters. The van der Waals surface area contributed by atoms with Crippen molar-refractivity contribution in [2.45, 2.75) is 20.0 Å². The predicted molar refractivity (Wildman–Crippen MR) is 53.0 cm³/mol. The highest BCUT2D eigenvalue weighted by Crippen LogP contribution is 2.60. The first-order valence-electron chi connectivity index (χ1n) is 4.98. The highest BCUT2D eigenvalue weighted by Gasteiger charge is 2.62. The minimum atomic E-state index is -4.68. The number of alkyl halides is 3. The Hall–Kier alpha value is -1.33. The van der Waals surface area contributed by atoms with E-state index in [0.717, 1.165) is 6.08 Å². The summed E-state index contributed by atoms with van der Waals surface area (Å²) in [5, 5.41) is 0. The largest absolute Gasteiger partial charge is 0.469 e. The minimum Gasteiger partial charge on any atom is -0.469 e. The number of allylic oxidation sites excluding steroid dienone is 2. The fourth-order valence-electron chi connectivity index (χ4n) is 1.96. The second kappa shape index (κ2) is 4.16. The topological polar surface area (TPSA) is 43.4 Å². The van der Waals surface area contributed by atoms with Crippen molar-refractivity contribution >= 4 is 12.3 Å². The van der Waals surface area contributed by atoms with Crippen LogP contribution >= 0.6 is 0 Å². The average molecular weight is 250 g/mol. The van der Waals surface area contributed by atoms with E-state index in [1.54, 1.807) is 13.8 Å². The standard InChI is InChI=1S/C11H13F3O3/c1-10(2)7(8(10)9(16)17-3)4-6(5-15)11(12,13)14/h4-5,7-8H,1-3H3/b6-4+. The number of methoxy groups -OCH3 is 1. The summed E-state index contributed by atoms with van der Waals surface area (Å²) >= 11 is 0. The van der Waals surface area contributed by atoms with Crippen LogP contribution in [0.5, 0.6) is 0 Å². The lowest BCUT2D eigenvalue weighted by Gasteiger charge is -2.05. The fraction of sp³-hybridized carbons (Fsp3) is 0.636. The van der Waals surface area contributed by atoms with Crippen LogP contribution in [0, 0.1) is 17.3 Å². The monoisotopic (exact) mass is 250 g/mol. The van der Waals surface area contributed by atoms with Crippen molar-refractivity contribution in [2.75, 3.05) is 7.11 Å². The van der Waals surface area contributed by atoms with E-state index in [2.05, 4.69) is 4.74 Å². The third-order valence-corrected chi connectivity index (χ3v) is 3.18. The molecule has 0 heterocycles. The van der Waals surface area contributed by atoms with Crippen LogP contribution in [0.25, 0.3) is 0 Å².